The van der Waals surface area contributed by atoms with E-state index in [1.54, 1.807) is 19.1 Å². The molecule has 0 spiro atoms. The molecule has 0 aliphatic heterocycles. The Morgan fingerprint density at radius 2 is 1.62 bits per heavy atom. The van der Waals surface area contributed by atoms with Crippen LogP contribution in [0.25, 0.3) is 0 Å². The van der Waals surface area contributed by atoms with Gasteiger partial charge in [-0.15, -0.1) is 0 Å². The van der Waals surface area contributed by atoms with Crippen LogP contribution in [0, 0.1) is 12.7 Å². The number of rotatable bonds is 3. The van der Waals surface area contributed by atoms with Crippen LogP contribution in [0.4, 0.5) is 23.2 Å². The van der Waals surface area contributed by atoms with Crippen molar-refractivity contribution >= 4 is 5.69 Å². The van der Waals surface area contributed by atoms with E-state index in [4.69, 9.17) is 0 Å². The van der Waals surface area contributed by atoms with Crippen LogP contribution in [0.2, 0.25) is 0 Å². The standard InChI is InChI=1S/C16H15F4N/c1-10-3-4-12(9-15(10)17)11(2)21-14-7-5-13(6-8-14)16(18,19)20/h3-9,11,21H,1-2H3. The number of alkyl halides is 3. The molecular formula is C16H15F4N. The Labute approximate surface area is 120 Å². The maximum atomic E-state index is 13.5. The highest BCUT2D eigenvalue weighted by Gasteiger charge is 2.29. The van der Waals surface area contributed by atoms with Gasteiger partial charge in [0, 0.05) is 11.7 Å². The molecule has 1 atom stereocenters. The molecule has 0 fully saturated rings. The van der Waals surface area contributed by atoms with Crippen molar-refractivity contribution in [3.05, 3.63) is 65.0 Å². The number of aryl methyl sites for hydroxylation is 1. The fraction of sp³-hybridized carbons (Fsp3) is 0.250. The largest absolute Gasteiger partial charge is 0.416 e. The molecule has 0 aliphatic rings. The zero-order valence-electron chi connectivity index (χ0n) is 11.6. The molecule has 21 heavy (non-hydrogen) atoms. The normalized spacial score (nSPS) is 13.0. The summed E-state index contributed by atoms with van der Waals surface area (Å²) in [5, 5.41) is 3.05. The highest BCUT2D eigenvalue weighted by molar-refractivity contribution is 5.47. The van der Waals surface area contributed by atoms with E-state index < -0.39 is 11.7 Å². The smallest absolute Gasteiger partial charge is 0.379 e. The molecule has 5 heteroatoms. The predicted octanol–water partition coefficient (Wildman–Crippen LogP) is 5.33. The number of anilines is 1. The minimum Gasteiger partial charge on any atom is -0.379 e. The highest BCUT2D eigenvalue weighted by Crippen LogP contribution is 2.30. The summed E-state index contributed by atoms with van der Waals surface area (Å²) < 4.78 is 50.9. The van der Waals surface area contributed by atoms with Gasteiger partial charge in [-0.1, -0.05) is 12.1 Å². The van der Waals surface area contributed by atoms with Gasteiger partial charge in [0.1, 0.15) is 5.82 Å². The highest BCUT2D eigenvalue weighted by atomic mass is 19.4. The maximum Gasteiger partial charge on any atom is 0.416 e. The lowest BCUT2D eigenvalue weighted by Gasteiger charge is -2.17. The van der Waals surface area contributed by atoms with Gasteiger partial charge < -0.3 is 5.32 Å². The molecule has 0 heterocycles. The first-order valence-corrected chi connectivity index (χ1v) is 6.47. The second kappa shape index (κ2) is 5.76. The molecule has 0 radical (unpaired) electrons. The first kappa shape index (κ1) is 15.4. The van der Waals surface area contributed by atoms with Crippen LogP contribution in [-0.4, -0.2) is 0 Å². The first-order valence-electron chi connectivity index (χ1n) is 6.47. The molecule has 1 nitrogen and oxygen atoms in total. The van der Waals surface area contributed by atoms with Gasteiger partial charge >= 0.3 is 6.18 Å². The van der Waals surface area contributed by atoms with Gasteiger partial charge in [0.15, 0.2) is 0 Å². The van der Waals surface area contributed by atoms with Gasteiger partial charge in [0.25, 0.3) is 0 Å². The average molecular weight is 297 g/mol. The van der Waals surface area contributed by atoms with Gasteiger partial charge in [-0.2, -0.15) is 13.2 Å². The van der Waals surface area contributed by atoms with Gasteiger partial charge in [-0.05, 0) is 55.3 Å². The van der Waals surface area contributed by atoms with E-state index in [-0.39, 0.29) is 11.9 Å². The van der Waals surface area contributed by atoms with Crippen molar-refractivity contribution < 1.29 is 17.6 Å². The summed E-state index contributed by atoms with van der Waals surface area (Å²) in [5.41, 5.74) is 1.15. The van der Waals surface area contributed by atoms with Gasteiger partial charge in [0.2, 0.25) is 0 Å². The molecule has 0 bridgehead atoms. The Balaban J connectivity index is 2.12. The fourth-order valence-electron chi connectivity index (χ4n) is 1.97. The number of halogens is 4. The van der Waals surface area contributed by atoms with Crippen molar-refractivity contribution in [3.63, 3.8) is 0 Å². The first-order chi connectivity index (χ1) is 9.77. The number of benzene rings is 2. The third-order valence-electron chi connectivity index (χ3n) is 3.29. The molecule has 1 N–H and O–H groups in total. The van der Waals surface area contributed by atoms with E-state index in [0.29, 0.717) is 11.3 Å². The summed E-state index contributed by atoms with van der Waals surface area (Å²) in [6, 6.07) is 9.45. The average Bonchev–Trinajstić information content (AvgIpc) is 2.41. The molecular weight excluding hydrogens is 282 g/mol. The van der Waals surface area contributed by atoms with Crippen molar-refractivity contribution in [1.82, 2.24) is 0 Å². The van der Waals surface area contributed by atoms with Crippen LogP contribution in [0.1, 0.15) is 29.7 Å². The summed E-state index contributed by atoms with van der Waals surface area (Å²) in [4.78, 5) is 0. The van der Waals surface area contributed by atoms with Crippen LogP contribution < -0.4 is 5.32 Å². The zero-order chi connectivity index (χ0) is 15.6. The predicted molar refractivity (Wildman–Crippen MR) is 74.6 cm³/mol. The Hall–Kier alpha value is -2.04. The van der Waals surface area contributed by atoms with Crippen LogP contribution >= 0.6 is 0 Å². The summed E-state index contributed by atoms with van der Waals surface area (Å²) in [6.07, 6.45) is -4.34. The molecule has 112 valence electrons. The van der Waals surface area contributed by atoms with Crippen molar-refractivity contribution in [1.29, 1.82) is 0 Å². The van der Waals surface area contributed by atoms with E-state index in [1.165, 1.54) is 18.2 Å². The van der Waals surface area contributed by atoms with E-state index in [1.807, 2.05) is 6.92 Å². The summed E-state index contributed by atoms with van der Waals surface area (Å²) in [6.45, 7) is 3.49. The maximum absolute atomic E-state index is 13.5. The monoisotopic (exact) mass is 297 g/mol. The Morgan fingerprint density at radius 3 is 2.14 bits per heavy atom. The van der Waals surface area contributed by atoms with Crippen LogP contribution in [0.5, 0.6) is 0 Å². The minimum absolute atomic E-state index is 0.211. The van der Waals surface area contributed by atoms with Gasteiger partial charge in [0.05, 0.1) is 5.56 Å². The Bertz CT molecular complexity index is 617. The lowest BCUT2D eigenvalue weighted by molar-refractivity contribution is -0.137. The second-order valence-electron chi connectivity index (χ2n) is 4.95. The fourth-order valence-corrected chi connectivity index (χ4v) is 1.97. The lowest BCUT2D eigenvalue weighted by Crippen LogP contribution is -2.08. The molecule has 0 saturated heterocycles. The van der Waals surface area contributed by atoms with Gasteiger partial charge in [-0.25, -0.2) is 4.39 Å². The van der Waals surface area contributed by atoms with Crippen LogP contribution in [0.3, 0.4) is 0 Å². The van der Waals surface area contributed by atoms with Crippen LogP contribution in [0.15, 0.2) is 42.5 Å². The van der Waals surface area contributed by atoms with E-state index in [9.17, 15) is 17.6 Å². The molecule has 2 aromatic rings. The van der Waals surface area contributed by atoms with Crippen molar-refractivity contribution in [3.8, 4) is 0 Å². The van der Waals surface area contributed by atoms with Gasteiger partial charge in [-0.3, -0.25) is 0 Å². The third-order valence-corrected chi connectivity index (χ3v) is 3.29. The van der Waals surface area contributed by atoms with E-state index in [2.05, 4.69) is 5.32 Å². The van der Waals surface area contributed by atoms with E-state index in [0.717, 1.165) is 17.7 Å². The molecule has 0 aliphatic carbocycles. The van der Waals surface area contributed by atoms with Crippen molar-refractivity contribution in [2.75, 3.05) is 5.32 Å². The number of nitrogens with one attached hydrogen (secondary N) is 1. The summed E-state index contributed by atoms with van der Waals surface area (Å²) in [5.74, 6) is -0.298. The Kier molecular flexibility index (Phi) is 4.21. The van der Waals surface area contributed by atoms with E-state index >= 15 is 0 Å². The molecule has 1 unspecified atom stereocenters. The molecule has 2 aromatic carbocycles. The van der Waals surface area contributed by atoms with Crippen molar-refractivity contribution in [2.24, 2.45) is 0 Å². The topological polar surface area (TPSA) is 12.0 Å². The second-order valence-corrected chi connectivity index (χ2v) is 4.95. The van der Waals surface area contributed by atoms with Crippen LogP contribution in [-0.2, 0) is 6.18 Å². The number of hydrogen-bond donors (Lipinski definition) is 1. The lowest BCUT2D eigenvalue weighted by atomic mass is 10.1. The zero-order valence-corrected chi connectivity index (χ0v) is 11.6. The minimum atomic E-state index is -4.34. The molecule has 2 rings (SSSR count). The molecule has 0 aromatic heterocycles. The third kappa shape index (κ3) is 3.74. The number of hydrogen-bond acceptors (Lipinski definition) is 1. The van der Waals surface area contributed by atoms with Crippen molar-refractivity contribution in [2.45, 2.75) is 26.1 Å². The molecule has 0 saturated carbocycles. The Morgan fingerprint density at radius 1 is 1.00 bits per heavy atom. The summed E-state index contributed by atoms with van der Waals surface area (Å²) >= 11 is 0. The molecule has 0 amide bonds. The SMILES string of the molecule is Cc1ccc(C(C)Nc2ccc(C(F)(F)F)cc2)cc1F. The quantitative estimate of drug-likeness (QED) is 0.755. The summed E-state index contributed by atoms with van der Waals surface area (Å²) in [7, 11) is 0.